The highest BCUT2D eigenvalue weighted by Crippen LogP contribution is 2.02. The lowest BCUT2D eigenvalue weighted by Gasteiger charge is -2.20. The van der Waals surface area contributed by atoms with Gasteiger partial charge in [0.1, 0.15) is 0 Å². The number of guanidine groups is 1. The van der Waals surface area contributed by atoms with E-state index < -0.39 is 0 Å². The van der Waals surface area contributed by atoms with Gasteiger partial charge >= 0.3 is 0 Å². The average molecular weight is 447 g/mol. The first-order valence-electron chi connectivity index (χ1n) is 8.80. The number of nitrogens with one attached hydrogen (secondary N) is 2. The van der Waals surface area contributed by atoms with E-state index in [2.05, 4.69) is 55.5 Å². The summed E-state index contributed by atoms with van der Waals surface area (Å²) >= 11 is 0. The van der Waals surface area contributed by atoms with E-state index in [-0.39, 0.29) is 24.0 Å². The van der Waals surface area contributed by atoms with Gasteiger partial charge in [-0.1, -0.05) is 44.2 Å². The number of benzene rings is 1. The smallest absolute Gasteiger partial charge is 0.191 e. The molecule has 0 aliphatic carbocycles. The predicted molar refractivity (Wildman–Crippen MR) is 114 cm³/mol. The van der Waals surface area contributed by atoms with Crippen LogP contribution in [0.15, 0.2) is 35.3 Å². The molecule has 1 aromatic carbocycles. The number of aliphatic imine (C=N–C) groups is 1. The van der Waals surface area contributed by atoms with E-state index in [0.29, 0.717) is 18.6 Å². The van der Waals surface area contributed by atoms with Crippen LogP contribution in [0.4, 0.5) is 0 Å². The van der Waals surface area contributed by atoms with E-state index in [9.17, 15) is 0 Å². The zero-order chi connectivity index (χ0) is 16.9. The zero-order valence-electron chi connectivity index (χ0n) is 15.5. The predicted octanol–water partition coefficient (Wildman–Crippen LogP) is 4.20. The second kappa shape index (κ2) is 14.5. The molecule has 1 unspecified atom stereocenters. The molecule has 5 heteroatoms. The summed E-state index contributed by atoms with van der Waals surface area (Å²) in [5.74, 6) is 1.50. The minimum Gasteiger partial charge on any atom is -0.377 e. The van der Waals surface area contributed by atoms with Crippen molar-refractivity contribution in [3.63, 3.8) is 0 Å². The molecule has 0 heterocycles. The minimum atomic E-state index is 0. The van der Waals surface area contributed by atoms with Crippen LogP contribution in [0.2, 0.25) is 0 Å². The van der Waals surface area contributed by atoms with E-state index in [1.807, 2.05) is 18.2 Å². The molecule has 0 bridgehead atoms. The third kappa shape index (κ3) is 10.9. The quantitative estimate of drug-likeness (QED) is 0.245. The Morgan fingerprint density at radius 2 is 1.83 bits per heavy atom. The van der Waals surface area contributed by atoms with Crippen molar-refractivity contribution in [2.45, 2.75) is 53.2 Å². The Balaban J connectivity index is 0.00000529. The molecule has 0 saturated heterocycles. The number of hydrogen-bond acceptors (Lipinski definition) is 2. The molecule has 2 N–H and O–H groups in total. The number of rotatable bonds is 10. The molecule has 24 heavy (non-hydrogen) atoms. The van der Waals surface area contributed by atoms with Gasteiger partial charge in [0.05, 0.1) is 6.61 Å². The maximum absolute atomic E-state index is 5.69. The lowest BCUT2D eigenvalue weighted by molar-refractivity contribution is 0.117. The molecule has 1 aromatic rings. The molecule has 1 atom stereocenters. The SMILES string of the molecule is CCNC(=NCCCCOCc1ccccc1)NC(C)C(C)C.I. The summed E-state index contributed by atoms with van der Waals surface area (Å²) in [5, 5.41) is 6.75. The van der Waals surface area contributed by atoms with Crippen molar-refractivity contribution < 1.29 is 4.74 Å². The van der Waals surface area contributed by atoms with E-state index >= 15 is 0 Å². The monoisotopic (exact) mass is 447 g/mol. The van der Waals surface area contributed by atoms with Crippen LogP contribution >= 0.6 is 24.0 Å². The summed E-state index contributed by atoms with van der Waals surface area (Å²) in [6.07, 6.45) is 2.08. The molecule has 0 fully saturated rings. The maximum atomic E-state index is 5.69. The van der Waals surface area contributed by atoms with Crippen molar-refractivity contribution in [3.8, 4) is 0 Å². The van der Waals surface area contributed by atoms with Crippen molar-refractivity contribution >= 4 is 29.9 Å². The van der Waals surface area contributed by atoms with Crippen molar-refractivity contribution in [1.82, 2.24) is 10.6 Å². The number of halogens is 1. The lowest BCUT2D eigenvalue weighted by atomic mass is 10.1. The summed E-state index contributed by atoms with van der Waals surface area (Å²) in [6.45, 7) is 11.9. The fourth-order valence-electron chi connectivity index (χ4n) is 1.97. The molecule has 138 valence electrons. The largest absolute Gasteiger partial charge is 0.377 e. The van der Waals surface area contributed by atoms with E-state index in [1.165, 1.54) is 5.56 Å². The zero-order valence-corrected chi connectivity index (χ0v) is 17.9. The minimum absolute atomic E-state index is 0. The van der Waals surface area contributed by atoms with Gasteiger partial charge in [0.2, 0.25) is 0 Å². The number of nitrogens with zero attached hydrogens (tertiary/aromatic N) is 1. The van der Waals surface area contributed by atoms with E-state index in [0.717, 1.165) is 38.5 Å². The summed E-state index contributed by atoms with van der Waals surface area (Å²) in [6, 6.07) is 10.7. The Morgan fingerprint density at radius 3 is 2.46 bits per heavy atom. The third-order valence-electron chi connectivity index (χ3n) is 3.79. The fraction of sp³-hybridized carbons (Fsp3) is 0.632. The van der Waals surface area contributed by atoms with E-state index in [1.54, 1.807) is 0 Å². The Morgan fingerprint density at radius 1 is 1.12 bits per heavy atom. The molecule has 0 spiro atoms. The highest BCUT2D eigenvalue weighted by molar-refractivity contribution is 14.0. The fourth-order valence-corrected chi connectivity index (χ4v) is 1.97. The van der Waals surface area contributed by atoms with Crippen LogP contribution in [0.5, 0.6) is 0 Å². The lowest BCUT2D eigenvalue weighted by Crippen LogP contribution is -2.44. The first-order chi connectivity index (χ1) is 11.1. The van der Waals surface area contributed by atoms with Gasteiger partial charge in [-0.15, -0.1) is 24.0 Å². The highest BCUT2D eigenvalue weighted by atomic mass is 127. The normalized spacial score (nSPS) is 12.6. The van der Waals surface area contributed by atoms with Gasteiger partial charge in [0.25, 0.3) is 0 Å². The van der Waals surface area contributed by atoms with Gasteiger partial charge in [-0.25, -0.2) is 0 Å². The van der Waals surface area contributed by atoms with Crippen LogP contribution < -0.4 is 10.6 Å². The first-order valence-corrected chi connectivity index (χ1v) is 8.80. The molecule has 1 rings (SSSR count). The van der Waals surface area contributed by atoms with Crippen LogP contribution in [-0.4, -0.2) is 31.7 Å². The maximum Gasteiger partial charge on any atom is 0.191 e. The Labute approximate surface area is 164 Å². The molecule has 0 aliphatic heterocycles. The van der Waals surface area contributed by atoms with E-state index in [4.69, 9.17) is 4.74 Å². The van der Waals surface area contributed by atoms with Gasteiger partial charge in [0, 0.05) is 25.7 Å². The van der Waals surface area contributed by atoms with Crippen molar-refractivity contribution in [2.75, 3.05) is 19.7 Å². The topological polar surface area (TPSA) is 45.7 Å². The second-order valence-electron chi connectivity index (χ2n) is 6.18. The molecule has 0 aromatic heterocycles. The van der Waals surface area contributed by atoms with Crippen molar-refractivity contribution in [3.05, 3.63) is 35.9 Å². The number of ether oxygens (including phenoxy) is 1. The van der Waals surface area contributed by atoms with Gasteiger partial charge in [-0.2, -0.15) is 0 Å². The van der Waals surface area contributed by atoms with Crippen LogP contribution in [0.25, 0.3) is 0 Å². The summed E-state index contributed by atoms with van der Waals surface area (Å²) in [7, 11) is 0. The Hall–Kier alpha value is -0.820. The molecule has 0 saturated carbocycles. The number of unbranched alkanes of at least 4 members (excludes halogenated alkanes) is 1. The van der Waals surface area contributed by atoms with Crippen molar-refractivity contribution in [2.24, 2.45) is 10.9 Å². The summed E-state index contributed by atoms with van der Waals surface area (Å²) in [5.41, 5.74) is 1.23. The molecule has 4 nitrogen and oxygen atoms in total. The standard InChI is InChI=1S/C19H33N3O.HI/c1-5-20-19(22-17(4)16(2)3)21-13-9-10-14-23-15-18-11-7-6-8-12-18;/h6-8,11-12,16-17H,5,9-10,13-15H2,1-4H3,(H2,20,21,22);1H. The third-order valence-corrected chi connectivity index (χ3v) is 3.79. The molecular formula is C19H34IN3O. The van der Waals surface area contributed by atoms with Crippen LogP contribution in [0.3, 0.4) is 0 Å². The average Bonchev–Trinajstić information content (AvgIpc) is 2.54. The molecule has 0 amide bonds. The van der Waals surface area contributed by atoms with Gasteiger partial charge in [-0.3, -0.25) is 4.99 Å². The summed E-state index contributed by atoms with van der Waals surface area (Å²) < 4.78 is 5.69. The van der Waals surface area contributed by atoms with Crippen LogP contribution in [0.1, 0.15) is 46.1 Å². The van der Waals surface area contributed by atoms with Crippen LogP contribution in [0, 0.1) is 5.92 Å². The Kier molecular flexibility index (Phi) is 14.0. The van der Waals surface area contributed by atoms with Gasteiger partial charge < -0.3 is 15.4 Å². The van der Waals surface area contributed by atoms with Gasteiger partial charge in [-0.05, 0) is 38.2 Å². The van der Waals surface area contributed by atoms with Crippen molar-refractivity contribution in [1.29, 1.82) is 0 Å². The molecular weight excluding hydrogens is 413 g/mol. The Bertz CT molecular complexity index is 437. The van der Waals surface area contributed by atoms with Crippen LogP contribution in [-0.2, 0) is 11.3 Å². The second-order valence-corrected chi connectivity index (χ2v) is 6.18. The summed E-state index contributed by atoms with van der Waals surface area (Å²) in [4.78, 5) is 4.63. The first kappa shape index (κ1) is 23.2. The highest BCUT2D eigenvalue weighted by Gasteiger charge is 2.08. The molecule has 0 aliphatic rings. The van der Waals surface area contributed by atoms with Gasteiger partial charge in [0.15, 0.2) is 5.96 Å². The number of hydrogen-bond donors (Lipinski definition) is 2. The molecule has 0 radical (unpaired) electrons.